The fourth-order valence-electron chi connectivity index (χ4n) is 3.62. The number of rotatable bonds is 5. The van der Waals surface area contributed by atoms with Crippen molar-refractivity contribution < 1.29 is 25.4 Å². The van der Waals surface area contributed by atoms with Crippen molar-refractivity contribution in [3.63, 3.8) is 0 Å². The summed E-state index contributed by atoms with van der Waals surface area (Å²) in [6.07, 6.45) is -0.138. The summed E-state index contributed by atoms with van der Waals surface area (Å²) in [4.78, 5) is 19.8. The van der Waals surface area contributed by atoms with Gasteiger partial charge in [0.15, 0.2) is 5.75 Å². The van der Waals surface area contributed by atoms with Crippen LogP contribution < -0.4 is 15.4 Å². The van der Waals surface area contributed by atoms with Crippen LogP contribution in [-0.4, -0.2) is 26.9 Å². The van der Waals surface area contributed by atoms with Crippen LogP contribution in [-0.2, 0) is 6.50 Å². The van der Waals surface area contributed by atoms with Crippen LogP contribution in [0.2, 0.25) is 0 Å². The number of nitrogens with zero attached hydrogens (tertiary/aromatic N) is 2. The second-order valence-electron chi connectivity index (χ2n) is 7.26. The van der Waals surface area contributed by atoms with Crippen LogP contribution in [0.25, 0.3) is 21.9 Å². The zero-order valence-electron chi connectivity index (χ0n) is 19.4. The average Bonchev–Trinajstić information content (AvgIpc) is 3.47. The zero-order valence-corrected chi connectivity index (χ0v) is 17.4. The number of nitrogens with one attached hydrogen (secondary N) is 3. The molecule has 0 unspecified atom stereocenters. The Morgan fingerprint density at radius 2 is 1.82 bits per heavy atom. The van der Waals surface area contributed by atoms with Gasteiger partial charge in [-0.05, 0) is 48.0 Å². The molecule has 0 atom stereocenters. The molecule has 0 aliphatic heterocycles. The van der Waals surface area contributed by atoms with Gasteiger partial charge in [0.2, 0.25) is 0 Å². The van der Waals surface area contributed by atoms with E-state index in [0.29, 0.717) is 33.2 Å². The van der Waals surface area contributed by atoms with Gasteiger partial charge >= 0.3 is 12.4 Å². The quantitative estimate of drug-likeness (QED) is 0.292. The Balaban J connectivity index is 1.44. The number of benzene rings is 2. The van der Waals surface area contributed by atoms with Crippen LogP contribution in [0.3, 0.4) is 0 Å². The fraction of sp³-hybridized carbons (Fsp3) is 0.0833. The number of para-hydroxylation sites is 2. The number of hydrogen-bond acceptors (Lipinski definition) is 3. The van der Waals surface area contributed by atoms with E-state index in [1.165, 1.54) is 29.0 Å². The topological polar surface area (TPSA) is 84.0 Å². The van der Waals surface area contributed by atoms with Crippen molar-refractivity contribution in [3.8, 4) is 5.75 Å². The van der Waals surface area contributed by atoms with E-state index in [-0.39, 0.29) is 5.69 Å². The first-order valence-electron chi connectivity index (χ1n) is 11.1. The molecule has 5 rings (SSSR count). The molecule has 10 heteroatoms. The molecule has 0 aliphatic carbocycles. The number of carbonyl (C=O) groups excluding carboxylic acids is 1. The predicted molar refractivity (Wildman–Crippen MR) is 123 cm³/mol. The highest BCUT2D eigenvalue weighted by atomic mass is 19.4. The number of pyridine rings is 1. The van der Waals surface area contributed by atoms with E-state index in [2.05, 4.69) is 25.3 Å². The van der Waals surface area contributed by atoms with Crippen molar-refractivity contribution in [2.24, 2.45) is 0 Å². The number of ether oxygens (including phenoxy) is 1. The molecule has 0 spiro atoms. The molecule has 0 bridgehead atoms. The highest BCUT2D eigenvalue weighted by Crippen LogP contribution is 2.31. The van der Waals surface area contributed by atoms with Gasteiger partial charge in [-0.2, -0.15) is 0 Å². The number of aromatic nitrogens is 3. The zero-order chi connectivity index (χ0) is 25.5. The summed E-state index contributed by atoms with van der Waals surface area (Å²) in [6.45, 7) is -1.96. The molecule has 5 aromatic rings. The van der Waals surface area contributed by atoms with Crippen LogP contribution in [0.1, 0.15) is 8.30 Å². The van der Waals surface area contributed by atoms with E-state index in [9.17, 15) is 18.0 Å². The van der Waals surface area contributed by atoms with Gasteiger partial charge in [0.25, 0.3) is 0 Å². The Morgan fingerprint density at radius 1 is 1.03 bits per heavy atom. The van der Waals surface area contributed by atoms with Crippen molar-refractivity contribution in [2.45, 2.75) is 12.9 Å². The van der Waals surface area contributed by atoms with Crippen molar-refractivity contribution in [2.75, 3.05) is 10.6 Å². The second kappa shape index (κ2) is 8.47. The number of urea groups is 1. The van der Waals surface area contributed by atoms with Gasteiger partial charge in [-0.25, -0.2) is 9.78 Å². The molecule has 0 fully saturated rings. The third kappa shape index (κ3) is 4.38. The summed E-state index contributed by atoms with van der Waals surface area (Å²) < 4.78 is 61.2. The molecule has 3 N–H and O–H groups in total. The maximum absolute atomic E-state index is 12.7. The van der Waals surface area contributed by atoms with Gasteiger partial charge in [0.1, 0.15) is 5.65 Å². The molecule has 0 saturated heterocycles. The number of hydrogen-bond donors (Lipinski definition) is 3. The van der Waals surface area contributed by atoms with Crippen LogP contribution >= 0.6 is 0 Å². The summed E-state index contributed by atoms with van der Waals surface area (Å²) >= 11 is 0. The van der Waals surface area contributed by atoms with Gasteiger partial charge in [-0.1, -0.05) is 18.2 Å². The van der Waals surface area contributed by atoms with Crippen molar-refractivity contribution in [3.05, 3.63) is 84.8 Å². The molecule has 34 heavy (non-hydrogen) atoms. The molecule has 0 saturated carbocycles. The molecular formula is C24H18F3N5O2. The lowest BCUT2D eigenvalue weighted by molar-refractivity contribution is -0.274. The lowest BCUT2D eigenvalue weighted by atomic mass is 10.2. The minimum atomic E-state index is -4.91. The van der Waals surface area contributed by atoms with Gasteiger partial charge in [-0.3, -0.25) is 0 Å². The lowest BCUT2D eigenvalue weighted by Gasteiger charge is -2.14. The first kappa shape index (κ1) is 19.0. The summed E-state index contributed by atoms with van der Waals surface area (Å²) in [6, 6.07) is 14.4. The largest absolute Gasteiger partial charge is 0.573 e. The van der Waals surface area contributed by atoms with Gasteiger partial charge < -0.3 is 24.9 Å². The van der Waals surface area contributed by atoms with Crippen LogP contribution in [0.5, 0.6) is 5.75 Å². The van der Waals surface area contributed by atoms with Crippen molar-refractivity contribution >= 4 is 39.3 Å². The Kier molecular flexibility index (Phi) is 4.74. The van der Waals surface area contributed by atoms with E-state index >= 15 is 0 Å². The predicted octanol–water partition coefficient (Wildman–Crippen LogP) is 6.11. The maximum Gasteiger partial charge on any atom is 0.573 e. The molecule has 3 heterocycles. The molecule has 0 radical (unpaired) electrons. The number of anilines is 2. The third-order valence-electron chi connectivity index (χ3n) is 5.04. The molecule has 2 amide bonds. The average molecular weight is 467 g/mol. The summed E-state index contributed by atoms with van der Waals surface area (Å²) in [5, 5.41) is 6.15. The normalized spacial score (nSPS) is 12.9. The maximum atomic E-state index is 12.7. The van der Waals surface area contributed by atoms with Gasteiger partial charge in [0.05, 0.1) is 19.6 Å². The van der Waals surface area contributed by atoms with E-state index in [4.69, 9.17) is 2.74 Å². The molecule has 0 aliphatic rings. The van der Waals surface area contributed by atoms with Crippen molar-refractivity contribution in [1.29, 1.82) is 0 Å². The third-order valence-corrected chi connectivity index (χ3v) is 5.04. The first-order chi connectivity index (χ1) is 17.1. The smallest absolute Gasteiger partial charge is 0.404 e. The number of halogens is 3. The standard InChI is InChI=1S/C24H18F3N5O2/c25-24(26,27)34-21-7-2-1-4-19(21)31-23(33)30-18-5-3-6-20-17(18)10-13-32(20)14-15-8-11-28-22-16(15)9-12-29-22/h1-13H,14H2,(H,28,29)(H2,30,31,33)/i14D2. The first-order valence-corrected chi connectivity index (χ1v) is 10.1. The Morgan fingerprint density at radius 3 is 2.68 bits per heavy atom. The number of aromatic amines is 1. The van der Waals surface area contributed by atoms with E-state index < -0.39 is 24.6 Å². The summed E-state index contributed by atoms with van der Waals surface area (Å²) in [7, 11) is 0. The van der Waals surface area contributed by atoms with Gasteiger partial charge in [-0.15, -0.1) is 13.2 Å². The Labute approximate surface area is 194 Å². The minimum absolute atomic E-state index is 0.165. The van der Waals surface area contributed by atoms with Crippen LogP contribution in [0.15, 0.2) is 79.3 Å². The van der Waals surface area contributed by atoms with Gasteiger partial charge in [0, 0.05) is 35.9 Å². The van der Waals surface area contributed by atoms with Crippen molar-refractivity contribution in [1.82, 2.24) is 14.5 Å². The highest BCUT2D eigenvalue weighted by Gasteiger charge is 2.32. The molecule has 7 nitrogen and oxygen atoms in total. The SMILES string of the molecule is [2H]C([2H])(c1ccnc2[nH]ccc12)n1ccc2c(NC(=O)Nc3ccccc3OC(F)(F)F)cccc21. The number of amides is 2. The van der Waals surface area contributed by atoms with E-state index in [1.807, 2.05) is 0 Å². The number of carbonyl (C=O) groups is 1. The summed E-state index contributed by atoms with van der Waals surface area (Å²) in [5.41, 5.74) is 1.64. The van der Waals surface area contributed by atoms with Crippen LogP contribution in [0, 0.1) is 0 Å². The van der Waals surface area contributed by atoms with Crippen LogP contribution in [0.4, 0.5) is 29.3 Å². The highest BCUT2D eigenvalue weighted by molar-refractivity contribution is 6.06. The van der Waals surface area contributed by atoms with E-state index in [1.54, 1.807) is 48.8 Å². The number of alkyl halides is 3. The molecular weight excluding hydrogens is 447 g/mol. The molecule has 172 valence electrons. The summed E-state index contributed by atoms with van der Waals surface area (Å²) in [5.74, 6) is -0.550. The van der Waals surface area contributed by atoms with E-state index in [0.717, 1.165) is 6.07 Å². The number of H-pyrrole nitrogens is 1. The lowest BCUT2D eigenvalue weighted by Crippen LogP contribution is -2.22. The minimum Gasteiger partial charge on any atom is -0.404 e. The molecule has 2 aromatic carbocycles. The monoisotopic (exact) mass is 467 g/mol. The second-order valence-corrected chi connectivity index (χ2v) is 7.26. The Hall–Kier alpha value is -4.47. The fourth-order valence-corrected chi connectivity index (χ4v) is 3.62. The molecule has 3 aromatic heterocycles. The number of fused-ring (bicyclic) bond motifs is 2. The Bertz CT molecular complexity index is 1580.